The second-order valence-electron chi connectivity index (χ2n) is 7.40. The fourth-order valence-corrected chi connectivity index (χ4v) is 3.33. The SMILES string of the molecule is CCN1CCN(C(=O)c2cc(C(C)C)nc3c2cnn3C(C)C)CC1. The van der Waals surface area contributed by atoms with Gasteiger partial charge in [0.05, 0.1) is 17.1 Å². The molecule has 0 N–H and O–H groups in total. The Balaban J connectivity index is 2.01. The summed E-state index contributed by atoms with van der Waals surface area (Å²) in [6, 6.07) is 2.18. The lowest BCUT2D eigenvalue weighted by Gasteiger charge is -2.34. The summed E-state index contributed by atoms with van der Waals surface area (Å²) < 4.78 is 1.91. The van der Waals surface area contributed by atoms with Crippen molar-refractivity contribution in [2.45, 2.75) is 46.6 Å². The molecule has 0 spiro atoms. The number of amides is 1. The minimum absolute atomic E-state index is 0.105. The summed E-state index contributed by atoms with van der Waals surface area (Å²) in [5.41, 5.74) is 2.51. The monoisotopic (exact) mass is 343 g/mol. The van der Waals surface area contributed by atoms with E-state index in [2.05, 4.69) is 44.6 Å². The van der Waals surface area contributed by atoms with E-state index >= 15 is 0 Å². The maximum absolute atomic E-state index is 13.2. The first-order valence-corrected chi connectivity index (χ1v) is 9.32. The zero-order valence-corrected chi connectivity index (χ0v) is 16.0. The number of pyridine rings is 1. The lowest BCUT2D eigenvalue weighted by molar-refractivity contribution is 0.0645. The van der Waals surface area contributed by atoms with E-state index in [1.165, 1.54) is 0 Å². The summed E-state index contributed by atoms with van der Waals surface area (Å²) in [4.78, 5) is 22.3. The van der Waals surface area contributed by atoms with Crippen molar-refractivity contribution in [2.24, 2.45) is 0 Å². The zero-order valence-electron chi connectivity index (χ0n) is 16.0. The van der Waals surface area contributed by atoms with Crippen LogP contribution in [-0.4, -0.2) is 63.2 Å². The Labute approximate surface area is 149 Å². The molecule has 1 saturated heterocycles. The minimum atomic E-state index is 0.105. The zero-order chi connectivity index (χ0) is 18.1. The molecule has 2 aromatic heterocycles. The molecule has 3 heterocycles. The molecule has 1 fully saturated rings. The maximum atomic E-state index is 13.2. The van der Waals surface area contributed by atoms with Crippen LogP contribution in [0, 0.1) is 0 Å². The first-order chi connectivity index (χ1) is 11.9. The standard InChI is InChI=1S/C19H29N5O/c1-6-22-7-9-23(10-8-22)19(25)15-11-17(13(2)3)21-18-16(15)12-20-24(18)14(4)5/h11-14H,6-10H2,1-5H3. The van der Waals surface area contributed by atoms with Gasteiger partial charge in [0.15, 0.2) is 5.65 Å². The Kier molecular flexibility index (Phi) is 5.08. The number of piperazine rings is 1. The van der Waals surface area contributed by atoms with Gasteiger partial charge in [-0.25, -0.2) is 9.67 Å². The van der Waals surface area contributed by atoms with Crippen LogP contribution in [0.1, 0.15) is 62.6 Å². The van der Waals surface area contributed by atoms with Crippen molar-refractivity contribution in [3.05, 3.63) is 23.5 Å². The average molecular weight is 343 g/mol. The van der Waals surface area contributed by atoms with E-state index in [0.717, 1.165) is 55.0 Å². The van der Waals surface area contributed by atoms with Gasteiger partial charge in [0.1, 0.15) is 0 Å². The smallest absolute Gasteiger partial charge is 0.254 e. The van der Waals surface area contributed by atoms with E-state index in [-0.39, 0.29) is 17.9 Å². The van der Waals surface area contributed by atoms with Crippen LogP contribution < -0.4 is 0 Å². The summed E-state index contributed by atoms with van der Waals surface area (Å²) in [5.74, 6) is 0.372. The number of carbonyl (C=O) groups is 1. The highest BCUT2D eigenvalue weighted by molar-refractivity contribution is 6.05. The first kappa shape index (κ1) is 17.9. The van der Waals surface area contributed by atoms with E-state index in [4.69, 9.17) is 4.98 Å². The highest BCUT2D eigenvalue weighted by Crippen LogP contribution is 2.25. The molecular formula is C19H29N5O. The largest absolute Gasteiger partial charge is 0.336 e. The van der Waals surface area contributed by atoms with E-state index in [9.17, 15) is 4.79 Å². The van der Waals surface area contributed by atoms with Gasteiger partial charge in [-0.3, -0.25) is 4.79 Å². The van der Waals surface area contributed by atoms with Crippen LogP contribution >= 0.6 is 0 Å². The van der Waals surface area contributed by atoms with Gasteiger partial charge in [0, 0.05) is 37.9 Å². The molecule has 0 aliphatic carbocycles. The van der Waals surface area contributed by atoms with Crippen molar-refractivity contribution in [1.29, 1.82) is 0 Å². The number of hydrogen-bond donors (Lipinski definition) is 0. The van der Waals surface area contributed by atoms with Gasteiger partial charge in [-0.2, -0.15) is 5.10 Å². The number of hydrogen-bond acceptors (Lipinski definition) is 4. The third-order valence-corrected chi connectivity index (χ3v) is 5.00. The molecule has 0 bridgehead atoms. The minimum Gasteiger partial charge on any atom is -0.336 e. The summed E-state index contributed by atoms with van der Waals surface area (Å²) in [6.45, 7) is 15.1. The summed E-state index contributed by atoms with van der Waals surface area (Å²) in [5, 5.41) is 5.35. The van der Waals surface area contributed by atoms with Crippen LogP contribution in [-0.2, 0) is 0 Å². The fraction of sp³-hybridized carbons (Fsp3) is 0.632. The second-order valence-corrected chi connectivity index (χ2v) is 7.40. The predicted molar refractivity (Wildman–Crippen MR) is 100 cm³/mol. The lowest BCUT2D eigenvalue weighted by Crippen LogP contribution is -2.48. The van der Waals surface area contributed by atoms with Crippen molar-refractivity contribution >= 4 is 16.9 Å². The Morgan fingerprint density at radius 1 is 1.16 bits per heavy atom. The number of fused-ring (bicyclic) bond motifs is 1. The highest BCUT2D eigenvalue weighted by Gasteiger charge is 2.25. The van der Waals surface area contributed by atoms with Gasteiger partial charge in [0.25, 0.3) is 5.91 Å². The second kappa shape index (κ2) is 7.12. The van der Waals surface area contributed by atoms with Gasteiger partial charge in [-0.15, -0.1) is 0 Å². The molecule has 1 aliphatic heterocycles. The fourth-order valence-electron chi connectivity index (χ4n) is 3.33. The molecule has 6 heteroatoms. The molecule has 0 atom stereocenters. The van der Waals surface area contributed by atoms with Crippen molar-refractivity contribution in [3.63, 3.8) is 0 Å². The molecule has 0 unspecified atom stereocenters. The van der Waals surface area contributed by atoms with Crippen LogP contribution in [0.5, 0.6) is 0 Å². The topological polar surface area (TPSA) is 54.3 Å². The maximum Gasteiger partial charge on any atom is 0.254 e. The van der Waals surface area contributed by atoms with E-state index in [1.54, 1.807) is 6.20 Å². The van der Waals surface area contributed by atoms with Crippen LogP contribution in [0.4, 0.5) is 0 Å². The number of aromatic nitrogens is 3. The summed E-state index contributed by atoms with van der Waals surface area (Å²) >= 11 is 0. The Bertz CT molecular complexity index is 757. The van der Waals surface area contributed by atoms with Crippen LogP contribution in [0.3, 0.4) is 0 Å². The Morgan fingerprint density at radius 2 is 1.84 bits per heavy atom. The number of rotatable bonds is 4. The molecule has 136 valence electrons. The normalized spacial score (nSPS) is 16.4. The Morgan fingerprint density at radius 3 is 2.40 bits per heavy atom. The molecule has 3 rings (SSSR count). The lowest BCUT2D eigenvalue weighted by atomic mass is 10.0. The third-order valence-electron chi connectivity index (χ3n) is 5.00. The molecule has 6 nitrogen and oxygen atoms in total. The molecule has 1 amide bonds. The Hall–Kier alpha value is -1.95. The summed E-state index contributed by atoms with van der Waals surface area (Å²) in [6.07, 6.45) is 1.79. The van der Waals surface area contributed by atoms with Gasteiger partial charge in [-0.1, -0.05) is 20.8 Å². The third kappa shape index (κ3) is 3.40. The van der Waals surface area contributed by atoms with Crippen molar-refractivity contribution in [3.8, 4) is 0 Å². The van der Waals surface area contributed by atoms with E-state index in [0.29, 0.717) is 0 Å². The van der Waals surface area contributed by atoms with Gasteiger partial charge >= 0.3 is 0 Å². The van der Waals surface area contributed by atoms with Crippen LogP contribution in [0.25, 0.3) is 11.0 Å². The van der Waals surface area contributed by atoms with Crippen molar-refractivity contribution < 1.29 is 4.79 Å². The van der Waals surface area contributed by atoms with E-state index in [1.807, 2.05) is 15.6 Å². The molecule has 1 aliphatic rings. The van der Waals surface area contributed by atoms with Gasteiger partial charge in [0.2, 0.25) is 0 Å². The van der Waals surface area contributed by atoms with Gasteiger partial charge < -0.3 is 9.80 Å². The molecule has 0 saturated carbocycles. The summed E-state index contributed by atoms with van der Waals surface area (Å²) in [7, 11) is 0. The quantitative estimate of drug-likeness (QED) is 0.856. The molecule has 0 aromatic carbocycles. The molecule has 2 aromatic rings. The molecular weight excluding hydrogens is 314 g/mol. The molecule has 25 heavy (non-hydrogen) atoms. The first-order valence-electron chi connectivity index (χ1n) is 9.32. The van der Waals surface area contributed by atoms with Crippen molar-refractivity contribution in [1.82, 2.24) is 24.6 Å². The number of carbonyl (C=O) groups excluding carboxylic acids is 1. The number of likely N-dealkylation sites (N-methyl/N-ethyl adjacent to an activating group) is 1. The highest BCUT2D eigenvalue weighted by atomic mass is 16.2. The number of nitrogens with zero attached hydrogens (tertiary/aromatic N) is 5. The molecule has 0 radical (unpaired) electrons. The average Bonchev–Trinajstić information content (AvgIpc) is 3.04. The van der Waals surface area contributed by atoms with E-state index < -0.39 is 0 Å². The predicted octanol–water partition coefficient (Wildman–Crippen LogP) is 2.91. The van der Waals surface area contributed by atoms with Crippen molar-refractivity contribution in [2.75, 3.05) is 32.7 Å². The van der Waals surface area contributed by atoms with Crippen LogP contribution in [0.15, 0.2) is 12.3 Å². The van der Waals surface area contributed by atoms with Crippen LogP contribution in [0.2, 0.25) is 0 Å². The van der Waals surface area contributed by atoms with Gasteiger partial charge in [-0.05, 0) is 32.4 Å².